The zero-order valence-corrected chi connectivity index (χ0v) is 14.7. The van der Waals surface area contributed by atoms with Gasteiger partial charge >= 0.3 is 0 Å². The van der Waals surface area contributed by atoms with Crippen molar-refractivity contribution in [3.63, 3.8) is 0 Å². The molecule has 0 fully saturated rings. The summed E-state index contributed by atoms with van der Waals surface area (Å²) in [5.41, 5.74) is 3.82. The molecule has 3 heteroatoms. The lowest BCUT2D eigenvalue weighted by Gasteiger charge is -2.20. The highest BCUT2D eigenvalue weighted by Gasteiger charge is 2.19. The van der Waals surface area contributed by atoms with Gasteiger partial charge in [0.1, 0.15) is 5.01 Å². The van der Waals surface area contributed by atoms with Gasteiger partial charge in [0.05, 0.1) is 11.7 Å². The Morgan fingerprint density at radius 2 is 1.52 bits per heavy atom. The molecule has 1 aromatic carbocycles. The van der Waals surface area contributed by atoms with Crippen LogP contribution in [0.15, 0.2) is 24.3 Å². The lowest BCUT2D eigenvalue weighted by molar-refractivity contribution is 0.526. The van der Waals surface area contributed by atoms with Crippen molar-refractivity contribution in [1.82, 2.24) is 10.3 Å². The summed E-state index contributed by atoms with van der Waals surface area (Å²) >= 11 is 1.80. The van der Waals surface area contributed by atoms with Crippen molar-refractivity contribution in [2.45, 2.75) is 59.5 Å². The van der Waals surface area contributed by atoms with Crippen LogP contribution < -0.4 is 5.32 Å². The highest BCUT2D eigenvalue weighted by atomic mass is 32.1. The molecule has 2 nitrogen and oxygen atoms in total. The van der Waals surface area contributed by atoms with Gasteiger partial charge in [-0.1, -0.05) is 38.1 Å². The van der Waals surface area contributed by atoms with Gasteiger partial charge < -0.3 is 5.32 Å². The number of nitrogens with zero attached hydrogens (tertiary/aromatic N) is 1. The molecular weight excluding hydrogens is 276 g/mol. The maximum atomic E-state index is 4.75. The van der Waals surface area contributed by atoms with Gasteiger partial charge in [0.15, 0.2) is 0 Å². The number of nitrogens with one attached hydrogen (secondary N) is 1. The summed E-state index contributed by atoms with van der Waals surface area (Å²) in [7, 11) is 0. The standard InChI is InChI=1S/C18H26N2S/c1-11(2)15-7-9-16(10-8-15)17(19-12(3)4)18-20-13(5)14(6)21-18/h7-12,17,19H,1-6H3. The normalized spacial score (nSPS) is 13.1. The van der Waals surface area contributed by atoms with Crippen LogP contribution in [0.1, 0.15) is 66.4 Å². The molecule has 0 bridgehead atoms. The van der Waals surface area contributed by atoms with E-state index in [-0.39, 0.29) is 6.04 Å². The Morgan fingerprint density at radius 3 is 1.95 bits per heavy atom. The number of hydrogen-bond donors (Lipinski definition) is 1. The van der Waals surface area contributed by atoms with Crippen LogP contribution in [0.4, 0.5) is 0 Å². The monoisotopic (exact) mass is 302 g/mol. The first-order valence-electron chi connectivity index (χ1n) is 7.68. The van der Waals surface area contributed by atoms with Crippen LogP contribution >= 0.6 is 11.3 Å². The average molecular weight is 302 g/mol. The number of aromatic nitrogens is 1. The summed E-state index contributed by atoms with van der Waals surface area (Å²) in [6, 6.07) is 9.56. The molecule has 1 N–H and O–H groups in total. The highest BCUT2D eigenvalue weighted by molar-refractivity contribution is 7.11. The SMILES string of the molecule is Cc1nc(C(NC(C)C)c2ccc(C(C)C)cc2)sc1C. The molecule has 1 aromatic heterocycles. The van der Waals surface area contributed by atoms with E-state index in [9.17, 15) is 0 Å². The summed E-state index contributed by atoms with van der Waals surface area (Å²) in [4.78, 5) is 6.06. The largest absolute Gasteiger partial charge is 0.302 e. The van der Waals surface area contributed by atoms with Gasteiger partial charge in [-0.3, -0.25) is 0 Å². The van der Waals surface area contributed by atoms with Crippen LogP contribution in [-0.4, -0.2) is 11.0 Å². The number of thiazole rings is 1. The second-order valence-corrected chi connectivity index (χ2v) is 7.50. The molecule has 1 heterocycles. The second-order valence-electron chi connectivity index (χ2n) is 6.27. The molecular formula is C18H26N2S. The first kappa shape index (κ1) is 16.2. The van der Waals surface area contributed by atoms with E-state index in [2.05, 4.69) is 71.1 Å². The first-order valence-corrected chi connectivity index (χ1v) is 8.50. The topological polar surface area (TPSA) is 24.9 Å². The van der Waals surface area contributed by atoms with Gasteiger partial charge in [0, 0.05) is 10.9 Å². The fourth-order valence-corrected chi connectivity index (χ4v) is 3.35. The lowest BCUT2D eigenvalue weighted by Crippen LogP contribution is -2.28. The van der Waals surface area contributed by atoms with Crippen LogP contribution in [0.5, 0.6) is 0 Å². The van der Waals surface area contributed by atoms with Crippen molar-refractivity contribution in [2.75, 3.05) is 0 Å². The van der Waals surface area contributed by atoms with Crippen molar-refractivity contribution in [3.05, 3.63) is 51.0 Å². The molecule has 21 heavy (non-hydrogen) atoms. The van der Waals surface area contributed by atoms with E-state index in [1.807, 2.05) is 0 Å². The number of benzene rings is 1. The van der Waals surface area contributed by atoms with Gasteiger partial charge in [-0.05, 0) is 44.7 Å². The molecule has 0 saturated carbocycles. The Morgan fingerprint density at radius 1 is 0.952 bits per heavy atom. The van der Waals surface area contributed by atoms with Crippen LogP contribution in [0.3, 0.4) is 0 Å². The summed E-state index contributed by atoms with van der Waals surface area (Å²) in [5, 5.41) is 4.81. The molecule has 0 aliphatic rings. The predicted molar refractivity (Wildman–Crippen MR) is 92.2 cm³/mol. The fraction of sp³-hybridized carbons (Fsp3) is 0.500. The zero-order chi connectivity index (χ0) is 15.6. The molecule has 0 amide bonds. The van der Waals surface area contributed by atoms with Crippen LogP contribution in [0.25, 0.3) is 0 Å². The van der Waals surface area contributed by atoms with Gasteiger partial charge in [0.25, 0.3) is 0 Å². The van der Waals surface area contributed by atoms with Gasteiger partial charge in [-0.25, -0.2) is 4.98 Å². The van der Waals surface area contributed by atoms with Crippen LogP contribution in [0.2, 0.25) is 0 Å². The number of aryl methyl sites for hydroxylation is 2. The first-order chi connectivity index (χ1) is 9.88. The van der Waals surface area contributed by atoms with Crippen molar-refractivity contribution in [1.29, 1.82) is 0 Å². The summed E-state index contributed by atoms with van der Waals surface area (Å²) in [6.07, 6.45) is 0. The molecule has 2 rings (SSSR count). The third kappa shape index (κ3) is 3.92. The van der Waals surface area contributed by atoms with E-state index in [4.69, 9.17) is 4.98 Å². The minimum absolute atomic E-state index is 0.184. The van der Waals surface area contributed by atoms with Crippen molar-refractivity contribution >= 4 is 11.3 Å². The zero-order valence-electron chi connectivity index (χ0n) is 13.9. The van der Waals surface area contributed by atoms with Crippen LogP contribution in [-0.2, 0) is 0 Å². The van der Waals surface area contributed by atoms with Crippen molar-refractivity contribution in [3.8, 4) is 0 Å². The Hall–Kier alpha value is -1.19. The maximum absolute atomic E-state index is 4.75. The molecule has 0 aliphatic carbocycles. The lowest BCUT2D eigenvalue weighted by atomic mass is 9.99. The smallest absolute Gasteiger partial charge is 0.115 e. The second kappa shape index (κ2) is 6.71. The third-order valence-corrected chi connectivity index (χ3v) is 4.87. The van der Waals surface area contributed by atoms with E-state index >= 15 is 0 Å². The highest BCUT2D eigenvalue weighted by Crippen LogP contribution is 2.29. The fourth-order valence-electron chi connectivity index (χ4n) is 2.34. The van der Waals surface area contributed by atoms with Crippen LogP contribution in [0, 0.1) is 13.8 Å². The molecule has 2 aromatic rings. The maximum Gasteiger partial charge on any atom is 0.115 e. The van der Waals surface area contributed by atoms with E-state index in [0.717, 1.165) is 10.7 Å². The number of hydrogen-bond acceptors (Lipinski definition) is 3. The van der Waals surface area contributed by atoms with E-state index in [1.54, 1.807) is 11.3 Å². The Labute approximate surface area is 132 Å². The Kier molecular flexibility index (Phi) is 5.17. The minimum Gasteiger partial charge on any atom is -0.302 e. The summed E-state index contributed by atoms with van der Waals surface area (Å²) < 4.78 is 0. The predicted octanol–water partition coefficient (Wildman–Crippen LogP) is 4.97. The molecule has 0 radical (unpaired) electrons. The quantitative estimate of drug-likeness (QED) is 0.843. The van der Waals surface area contributed by atoms with E-state index in [1.165, 1.54) is 16.0 Å². The van der Waals surface area contributed by atoms with Gasteiger partial charge in [-0.2, -0.15) is 0 Å². The van der Waals surface area contributed by atoms with E-state index < -0.39 is 0 Å². The van der Waals surface area contributed by atoms with Crippen molar-refractivity contribution < 1.29 is 0 Å². The molecule has 0 aliphatic heterocycles. The van der Waals surface area contributed by atoms with E-state index in [0.29, 0.717) is 12.0 Å². The molecule has 0 saturated heterocycles. The summed E-state index contributed by atoms with van der Waals surface area (Å²) in [6.45, 7) is 13.1. The van der Waals surface area contributed by atoms with Gasteiger partial charge in [-0.15, -0.1) is 11.3 Å². The Bertz CT molecular complexity index is 562. The summed E-state index contributed by atoms with van der Waals surface area (Å²) in [5.74, 6) is 0.569. The Balaban J connectivity index is 2.35. The van der Waals surface area contributed by atoms with Gasteiger partial charge in [0.2, 0.25) is 0 Å². The number of rotatable bonds is 5. The molecule has 1 atom stereocenters. The third-order valence-electron chi connectivity index (χ3n) is 3.73. The molecule has 114 valence electrons. The molecule has 1 unspecified atom stereocenters. The molecule has 0 spiro atoms. The minimum atomic E-state index is 0.184. The van der Waals surface area contributed by atoms with Crippen molar-refractivity contribution in [2.24, 2.45) is 0 Å². The average Bonchev–Trinajstić information content (AvgIpc) is 2.76.